The van der Waals surface area contributed by atoms with Crippen LogP contribution in [-0.2, 0) is 4.79 Å². The highest BCUT2D eigenvalue weighted by atomic mass is 79.9. The molecular weight excluding hydrogens is 314 g/mol. The van der Waals surface area contributed by atoms with Crippen LogP contribution in [0.2, 0.25) is 0 Å². The Balaban J connectivity index is 1.65. The smallest absolute Gasteiger partial charge is 0.228 e. The van der Waals surface area contributed by atoms with Gasteiger partial charge in [-0.25, -0.2) is 0 Å². The summed E-state index contributed by atoms with van der Waals surface area (Å²) in [6, 6.07) is 16.2. The van der Waals surface area contributed by atoms with Crippen LogP contribution in [0.15, 0.2) is 53.0 Å². The Morgan fingerprint density at radius 3 is 2.65 bits per heavy atom. The number of carbonyl (C=O) groups is 1. The Labute approximate surface area is 127 Å². The quantitative estimate of drug-likeness (QED) is 0.882. The van der Waals surface area contributed by atoms with Gasteiger partial charge in [0.05, 0.1) is 0 Å². The maximum absolute atomic E-state index is 12.2. The van der Waals surface area contributed by atoms with Crippen LogP contribution in [0.4, 0.5) is 5.69 Å². The number of hydrogen-bond acceptors (Lipinski definition) is 1. The summed E-state index contributed by atoms with van der Waals surface area (Å²) >= 11 is 3.49. The maximum atomic E-state index is 12.2. The van der Waals surface area contributed by atoms with E-state index in [-0.39, 0.29) is 11.8 Å². The Bertz CT molecular complexity index is 639. The highest BCUT2D eigenvalue weighted by Crippen LogP contribution is 2.47. The molecule has 1 saturated carbocycles. The van der Waals surface area contributed by atoms with Gasteiger partial charge in [-0.15, -0.1) is 0 Å². The SMILES string of the molecule is Cc1ccc(NC(=O)C2CC2c2ccccc2)cc1Br. The molecule has 20 heavy (non-hydrogen) atoms. The molecule has 1 aliphatic carbocycles. The zero-order chi connectivity index (χ0) is 14.1. The molecule has 1 aliphatic rings. The number of hydrogen-bond donors (Lipinski definition) is 1. The van der Waals surface area contributed by atoms with Crippen molar-refractivity contribution in [2.75, 3.05) is 5.32 Å². The van der Waals surface area contributed by atoms with E-state index in [4.69, 9.17) is 0 Å². The van der Waals surface area contributed by atoms with E-state index in [1.165, 1.54) is 5.56 Å². The molecule has 2 unspecified atom stereocenters. The summed E-state index contributed by atoms with van der Waals surface area (Å²) < 4.78 is 1.02. The van der Waals surface area contributed by atoms with Gasteiger partial charge in [0.2, 0.25) is 5.91 Å². The lowest BCUT2D eigenvalue weighted by atomic mass is 10.1. The second-order valence-corrected chi connectivity index (χ2v) is 6.17. The summed E-state index contributed by atoms with van der Waals surface area (Å²) in [6.45, 7) is 2.03. The lowest BCUT2D eigenvalue weighted by Crippen LogP contribution is -2.14. The zero-order valence-electron chi connectivity index (χ0n) is 11.3. The van der Waals surface area contributed by atoms with Crippen LogP contribution in [0.1, 0.15) is 23.5 Å². The summed E-state index contributed by atoms with van der Waals surface area (Å²) in [6.07, 6.45) is 0.947. The second-order valence-electron chi connectivity index (χ2n) is 5.31. The maximum Gasteiger partial charge on any atom is 0.228 e. The Morgan fingerprint density at radius 1 is 1.20 bits per heavy atom. The van der Waals surface area contributed by atoms with Crippen LogP contribution in [-0.4, -0.2) is 5.91 Å². The molecular formula is C17H16BrNO. The third kappa shape index (κ3) is 2.78. The number of rotatable bonds is 3. The molecule has 0 spiro atoms. The van der Waals surface area contributed by atoms with Crippen molar-refractivity contribution in [1.29, 1.82) is 0 Å². The molecule has 1 amide bonds. The molecule has 2 aromatic rings. The first-order valence-electron chi connectivity index (χ1n) is 6.77. The third-order valence-electron chi connectivity index (χ3n) is 3.79. The number of nitrogens with one attached hydrogen (secondary N) is 1. The fourth-order valence-corrected chi connectivity index (χ4v) is 2.84. The van der Waals surface area contributed by atoms with Gasteiger partial charge in [-0.1, -0.05) is 52.3 Å². The van der Waals surface area contributed by atoms with Crippen LogP contribution in [0, 0.1) is 12.8 Å². The third-order valence-corrected chi connectivity index (χ3v) is 4.65. The molecule has 0 radical (unpaired) electrons. The normalized spacial score (nSPS) is 20.5. The lowest BCUT2D eigenvalue weighted by molar-refractivity contribution is -0.117. The average molecular weight is 330 g/mol. The Morgan fingerprint density at radius 2 is 1.95 bits per heavy atom. The van der Waals surface area contributed by atoms with Crippen molar-refractivity contribution < 1.29 is 4.79 Å². The van der Waals surface area contributed by atoms with Gasteiger partial charge in [-0.05, 0) is 42.5 Å². The van der Waals surface area contributed by atoms with E-state index in [1.807, 2.05) is 43.3 Å². The first kappa shape index (κ1) is 13.4. The number of aryl methyl sites for hydroxylation is 1. The first-order chi connectivity index (χ1) is 9.65. The molecule has 2 nitrogen and oxygen atoms in total. The zero-order valence-corrected chi connectivity index (χ0v) is 12.9. The minimum Gasteiger partial charge on any atom is -0.326 e. The average Bonchev–Trinajstić information content (AvgIpc) is 3.24. The van der Waals surface area contributed by atoms with Crippen LogP contribution >= 0.6 is 15.9 Å². The van der Waals surface area contributed by atoms with Crippen LogP contribution < -0.4 is 5.32 Å². The second kappa shape index (κ2) is 5.41. The molecule has 0 aliphatic heterocycles. The molecule has 3 rings (SSSR count). The summed E-state index contributed by atoms with van der Waals surface area (Å²) in [7, 11) is 0. The summed E-state index contributed by atoms with van der Waals surface area (Å²) in [5.41, 5.74) is 3.28. The molecule has 1 fully saturated rings. The van der Waals surface area contributed by atoms with Gasteiger partial charge < -0.3 is 5.32 Å². The van der Waals surface area contributed by atoms with Crippen LogP contribution in [0.5, 0.6) is 0 Å². The minimum atomic E-state index is 0.109. The summed E-state index contributed by atoms with van der Waals surface area (Å²) in [5, 5.41) is 3.00. The fraction of sp³-hybridized carbons (Fsp3) is 0.235. The van der Waals surface area contributed by atoms with Crippen LogP contribution in [0.25, 0.3) is 0 Å². The van der Waals surface area contributed by atoms with Crippen molar-refractivity contribution in [1.82, 2.24) is 0 Å². The van der Waals surface area contributed by atoms with Crippen molar-refractivity contribution in [3.63, 3.8) is 0 Å². The fourth-order valence-electron chi connectivity index (χ4n) is 2.46. The number of halogens is 1. The largest absolute Gasteiger partial charge is 0.326 e. The van der Waals surface area contributed by atoms with Gasteiger partial charge in [0.25, 0.3) is 0 Å². The van der Waals surface area contributed by atoms with Gasteiger partial charge in [-0.3, -0.25) is 4.79 Å². The van der Waals surface area contributed by atoms with E-state index >= 15 is 0 Å². The van der Waals surface area contributed by atoms with E-state index in [1.54, 1.807) is 0 Å². The molecule has 3 heteroatoms. The molecule has 0 heterocycles. The Hall–Kier alpha value is -1.61. The van der Waals surface area contributed by atoms with E-state index in [9.17, 15) is 4.79 Å². The van der Waals surface area contributed by atoms with Gasteiger partial charge in [0, 0.05) is 16.1 Å². The predicted molar refractivity (Wildman–Crippen MR) is 84.8 cm³/mol. The molecule has 2 aromatic carbocycles. The van der Waals surface area contributed by atoms with Gasteiger partial charge in [-0.2, -0.15) is 0 Å². The van der Waals surface area contributed by atoms with Gasteiger partial charge in [0.15, 0.2) is 0 Å². The van der Waals surface area contributed by atoms with Gasteiger partial charge in [0.1, 0.15) is 0 Å². The highest BCUT2D eigenvalue weighted by molar-refractivity contribution is 9.10. The van der Waals surface area contributed by atoms with E-state index in [0.29, 0.717) is 5.92 Å². The van der Waals surface area contributed by atoms with Crippen molar-refractivity contribution in [2.45, 2.75) is 19.3 Å². The summed E-state index contributed by atoms with van der Waals surface area (Å²) in [4.78, 5) is 12.2. The summed E-state index contributed by atoms with van der Waals surface area (Å²) in [5.74, 6) is 0.608. The molecule has 0 bridgehead atoms. The number of carbonyl (C=O) groups excluding carboxylic acids is 1. The van der Waals surface area contributed by atoms with Gasteiger partial charge >= 0.3 is 0 Å². The van der Waals surface area contributed by atoms with Crippen molar-refractivity contribution in [3.05, 3.63) is 64.1 Å². The first-order valence-corrected chi connectivity index (χ1v) is 7.56. The van der Waals surface area contributed by atoms with Crippen molar-refractivity contribution in [3.8, 4) is 0 Å². The van der Waals surface area contributed by atoms with E-state index in [2.05, 4.69) is 33.4 Å². The highest BCUT2D eigenvalue weighted by Gasteiger charge is 2.43. The standard InChI is InChI=1S/C17H16BrNO/c1-11-7-8-13(9-16(11)18)19-17(20)15-10-14(15)12-5-3-2-4-6-12/h2-9,14-15H,10H2,1H3,(H,19,20). The monoisotopic (exact) mass is 329 g/mol. The Kier molecular flexibility index (Phi) is 3.62. The predicted octanol–water partition coefficient (Wildman–Crippen LogP) is 4.50. The number of benzene rings is 2. The number of amides is 1. The van der Waals surface area contributed by atoms with E-state index < -0.39 is 0 Å². The molecule has 2 atom stereocenters. The van der Waals surface area contributed by atoms with E-state index in [0.717, 1.165) is 22.1 Å². The topological polar surface area (TPSA) is 29.1 Å². The van der Waals surface area contributed by atoms with Crippen molar-refractivity contribution in [2.24, 2.45) is 5.92 Å². The number of anilines is 1. The molecule has 102 valence electrons. The molecule has 0 aromatic heterocycles. The molecule has 0 saturated heterocycles. The minimum absolute atomic E-state index is 0.109. The van der Waals surface area contributed by atoms with Crippen molar-refractivity contribution >= 4 is 27.5 Å². The molecule has 1 N–H and O–H groups in total. The lowest BCUT2D eigenvalue weighted by Gasteiger charge is -2.07. The van der Waals surface area contributed by atoms with Crippen LogP contribution in [0.3, 0.4) is 0 Å².